The maximum Gasteiger partial charge on any atom is 0.254 e. The van der Waals surface area contributed by atoms with Crippen LogP contribution in [0.25, 0.3) is 0 Å². The van der Waals surface area contributed by atoms with E-state index in [9.17, 15) is 9.18 Å². The summed E-state index contributed by atoms with van der Waals surface area (Å²) in [6.07, 6.45) is 2.35. The van der Waals surface area contributed by atoms with Crippen LogP contribution in [0.5, 0.6) is 0 Å². The fourth-order valence-corrected chi connectivity index (χ4v) is 2.90. The molecule has 1 aliphatic heterocycles. The number of amides is 1. The molecule has 1 atom stereocenters. The average Bonchev–Trinajstić information content (AvgIpc) is 2.95. The van der Waals surface area contributed by atoms with Crippen LogP contribution in [0.15, 0.2) is 12.1 Å². The smallest absolute Gasteiger partial charge is 0.254 e. The van der Waals surface area contributed by atoms with E-state index >= 15 is 0 Å². The van der Waals surface area contributed by atoms with E-state index in [0.717, 1.165) is 43.5 Å². The summed E-state index contributed by atoms with van der Waals surface area (Å²) in [6.45, 7) is 2.76. The van der Waals surface area contributed by atoms with Crippen molar-refractivity contribution < 1.29 is 9.18 Å². The first-order chi connectivity index (χ1) is 11.0. The molecule has 3 N–H and O–H groups in total. The summed E-state index contributed by atoms with van der Waals surface area (Å²) in [5.41, 5.74) is 5.47. The van der Waals surface area contributed by atoms with Crippen molar-refractivity contribution in [1.82, 2.24) is 20.1 Å². The van der Waals surface area contributed by atoms with Crippen LogP contribution in [0.1, 0.15) is 47.8 Å². The van der Waals surface area contributed by atoms with Crippen LogP contribution in [0, 0.1) is 5.82 Å². The average molecular weight is 338 g/mol. The van der Waals surface area contributed by atoms with Crippen LogP contribution < -0.4 is 11.1 Å². The molecule has 1 aromatic heterocycles. The molecule has 2 heterocycles. The second-order valence-electron chi connectivity index (χ2n) is 5.48. The molecule has 8 heteroatoms. The van der Waals surface area contributed by atoms with Crippen LogP contribution in [0.2, 0.25) is 5.02 Å². The Balaban J connectivity index is 1.86. The Morgan fingerprint density at radius 1 is 1.57 bits per heavy atom. The van der Waals surface area contributed by atoms with Crippen molar-refractivity contribution in [2.45, 2.75) is 38.8 Å². The topological polar surface area (TPSA) is 85.8 Å². The summed E-state index contributed by atoms with van der Waals surface area (Å²) >= 11 is 5.81. The fourth-order valence-electron chi connectivity index (χ4n) is 2.69. The van der Waals surface area contributed by atoms with Gasteiger partial charge in [0.2, 0.25) is 0 Å². The minimum atomic E-state index is -0.706. The molecular formula is C15H17ClFN5O. The highest BCUT2D eigenvalue weighted by atomic mass is 35.5. The van der Waals surface area contributed by atoms with Crippen LogP contribution in [-0.4, -0.2) is 20.7 Å². The second kappa shape index (κ2) is 6.16. The number of aromatic nitrogens is 3. The van der Waals surface area contributed by atoms with E-state index in [0.29, 0.717) is 0 Å². The van der Waals surface area contributed by atoms with Crippen molar-refractivity contribution in [2.24, 2.45) is 0 Å². The lowest BCUT2D eigenvalue weighted by Gasteiger charge is -2.23. The molecule has 1 aliphatic rings. The second-order valence-corrected chi connectivity index (χ2v) is 5.92. The molecule has 0 aliphatic carbocycles. The van der Waals surface area contributed by atoms with Gasteiger partial charge in [-0.1, -0.05) is 18.5 Å². The van der Waals surface area contributed by atoms with Crippen LogP contribution in [0.4, 0.5) is 10.1 Å². The summed E-state index contributed by atoms with van der Waals surface area (Å²) in [5.74, 6) is 0.295. The van der Waals surface area contributed by atoms with Crippen LogP contribution >= 0.6 is 11.6 Å². The van der Waals surface area contributed by atoms with E-state index in [2.05, 4.69) is 15.4 Å². The normalized spacial score (nSPS) is 16.9. The molecule has 0 radical (unpaired) electrons. The molecule has 0 bridgehead atoms. The number of hydrogen-bond donors (Lipinski definition) is 2. The molecule has 6 nitrogen and oxygen atoms in total. The van der Waals surface area contributed by atoms with Gasteiger partial charge in [0.05, 0.1) is 17.3 Å². The minimum absolute atomic E-state index is 0.0300. The van der Waals surface area contributed by atoms with E-state index in [-0.39, 0.29) is 22.3 Å². The highest BCUT2D eigenvalue weighted by Crippen LogP contribution is 2.26. The van der Waals surface area contributed by atoms with E-state index in [1.165, 1.54) is 6.07 Å². The predicted molar refractivity (Wildman–Crippen MR) is 84.7 cm³/mol. The first-order valence-corrected chi connectivity index (χ1v) is 7.86. The van der Waals surface area contributed by atoms with Gasteiger partial charge in [0.15, 0.2) is 5.82 Å². The van der Waals surface area contributed by atoms with Crippen molar-refractivity contribution in [2.75, 3.05) is 5.73 Å². The SMILES string of the molecule is CCc1nc2n(n1)CCC[C@H]2NC(=O)c1cc(Cl)cc(F)c1N. The van der Waals surface area contributed by atoms with Gasteiger partial charge in [-0.2, -0.15) is 5.10 Å². The van der Waals surface area contributed by atoms with Crippen molar-refractivity contribution in [3.63, 3.8) is 0 Å². The number of rotatable bonds is 3. The number of carbonyl (C=O) groups is 1. The quantitative estimate of drug-likeness (QED) is 0.842. The maximum atomic E-state index is 13.7. The van der Waals surface area contributed by atoms with Gasteiger partial charge in [-0.25, -0.2) is 14.1 Å². The summed E-state index contributed by atoms with van der Waals surface area (Å²) in [5, 5.41) is 7.38. The van der Waals surface area contributed by atoms with Gasteiger partial charge < -0.3 is 11.1 Å². The van der Waals surface area contributed by atoms with Crippen LogP contribution in [-0.2, 0) is 13.0 Å². The van der Waals surface area contributed by atoms with Gasteiger partial charge in [-0.3, -0.25) is 4.79 Å². The maximum absolute atomic E-state index is 13.7. The minimum Gasteiger partial charge on any atom is -0.396 e. The van der Waals surface area contributed by atoms with E-state index in [1.807, 2.05) is 11.6 Å². The number of aryl methyl sites for hydroxylation is 2. The molecular weight excluding hydrogens is 321 g/mol. The summed E-state index contributed by atoms with van der Waals surface area (Å²) in [6, 6.07) is 2.17. The third-order valence-corrected chi connectivity index (χ3v) is 4.10. The molecule has 1 aromatic carbocycles. The third kappa shape index (κ3) is 3.01. The molecule has 0 spiro atoms. The molecule has 2 aromatic rings. The standard InChI is InChI=1S/C15H17ClFN5O/c1-2-12-20-14-11(4-3-5-22(14)21-12)19-15(23)9-6-8(16)7-10(17)13(9)18/h6-7,11H,2-5,18H2,1H3,(H,19,23)/t11-/m1/s1. The number of hydrogen-bond acceptors (Lipinski definition) is 4. The summed E-state index contributed by atoms with van der Waals surface area (Å²) < 4.78 is 15.5. The Bertz CT molecular complexity index is 761. The number of fused-ring (bicyclic) bond motifs is 1. The Hall–Kier alpha value is -2.15. The number of nitrogens with zero attached hydrogens (tertiary/aromatic N) is 3. The number of benzene rings is 1. The van der Waals surface area contributed by atoms with Crippen molar-refractivity contribution in [1.29, 1.82) is 0 Å². The Kier molecular flexibility index (Phi) is 4.21. The molecule has 0 saturated heterocycles. The molecule has 0 fully saturated rings. The summed E-state index contributed by atoms with van der Waals surface area (Å²) in [4.78, 5) is 16.9. The number of nitrogen functional groups attached to an aromatic ring is 1. The number of nitrogens with two attached hydrogens (primary N) is 1. The van der Waals surface area contributed by atoms with Crippen molar-refractivity contribution in [3.8, 4) is 0 Å². The largest absolute Gasteiger partial charge is 0.396 e. The molecule has 0 unspecified atom stereocenters. The monoisotopic (exact) mass is 337 g/mol. The van der Waals surface area contributed by atoms with Crippen LogP contribution in [0.3, 0.4) is 0 Å². The lowest BCUT2D eigenvalue weighted by molar-refractivity contribution is 0.0928. The van der Waals surface area contributed by atoms with Crippen molar-refractivity contribution >= 4 is 23.2 Å². The highest BCUT2D eigenvalue weighted by molar-refractivity contribution is 6.31. The number of halogens is 2. The molecule has 3 rings (SSSR count). The Morgan fingerprint density at radius 3 is 3.09 bits per heavy atom. The molecule has 122 valence electrons. The lowest BCUT2D eigenvalue weighted by Crippen LogP contribution is -2.33. The zero-order chi connectivity index (χ0) is 16.6. The molecule has 23 heavy (non-hydrogen) atoms. The van der Waals surface area contributed by atoms with Gasteiger partial charge in [-0.05, 0) is 25.0 Å². The van der Waals surface area contributed by atoms with Gasteiger partial charge in [-0.15, -0.1) is 0 Å². The van der Waals surface area contributed by atoms with E-state index in [4.69, 9.17) is 17.3 Å². The number of carbonyl (C=O) groups excluding carboxylic acids is 1. The fraction of sp³-hybridized carbons (Fsp3) is 0.400. The van der Waals surface area contributed by atoms with Gasteiger partial charge in [0.1, 0.15) is 11.6 Å². The zero-order valence-electron chi connectivity index (χ0n) is 12.6. The Labute approximate surface area is 137 Å². The zero-order valence-corrected chi connectivity index (χ0v) is 13.4. The summed E-state index contributed by atoms with van der Waals surface area (Å²) in [7, 11) is 0. The van der Waals surface area contributed by atoms with E-state index < -0.39 is 11.7 Å². The predicted octanol–water partition coefficient (Wildman–Crippen LogP) is 2.48. The third-order valence-electron chi connectivity index (χ3n) is 3.88. The molecule has 1 amide bonds. The van der Waals surface area contributed by atoms with Crippen molar-refractivity contribution in [3.05, 3.63) is 40.2 Å². The highest BCUT2D eigenvalue weighted by Gasteiger charge is 2.26. The first kappa shape index (κ1) is 15.7. The number of anilines is 1. The first-order valence-electron chi connectivity index (χ1n) is 7.48. The van der Waals surface area contributed by atoms with E-state index in [1.54, 1.807) is 0 Å². The lowest BCUT2D eigenvalue weighted by atomic mass is 10.1. The van der Waals surface area contributed by atoms with Gasteiger partial charge >= 0.3 is 0 Å². The number of nitrogens with one attached hydrogen (secondary N) is 1. The Morgan fingerprint density at radius 2 is 2.35 bits per heavy atom. The van der Waals surface area contributed by atoms with Gasteiger partial charge in [0.25, 0.3) is 5.91 Å². The van der Waals surface area contributed by atoms with Gasteiger partial charge in [0, 0.05) is 18.0 Å². The molecule has 0 saturated carbocycles.